The van der Waals surface area contributed by atoms with Gasteiger partial charge in [0.25, 0.3) is 5.56 Å². The van der Waals surface area contributed by atoms with Gasteiger partial charge in [-0.1, -0.05) is 23.7 Å². The van der Waals surface area contributed by atoms with E-state index in [-0.39, 0.29) is 33.9 Å². The smallest absolute Gasteiger partial charge is 0.336 e. The lowest BCUT2D eigenvalue weighted by Crippen LogP contribution is -2.38. The molecule has 0 radical (unpaired) electrons. The van der Waals surface area contributed by atoms with E-state index in [0.29, 0.717) is 27.1 Å². The Hall–Kier alpha value is -4.07. The molecule has 11 heteroatoms. The Morgan fingerprint density at radius 3 is 2.83 bits per heavy atom. The van der Waals surface area contributed by atoms with E-state index in [0.717, 1.165) is 15.9 Å². The van der Waals surface area contributed by atoms with Crippen LogP contribution in [0.3, 0.4) is 0 Å². The lowest BCUT2D eigenvalue weighted by atomic mass is 10.1. The molecule has 4 heterocycles. The normalized spacial score (nSPS) is 11.1. The van der Waals surface area contributed by atoms with Crippen molar-refractivity contribution in [3.05, 3.63) is 80.7 Å². The number of pyridine rings is 2. The van der Waals surface area contributed by atoms with Gasteiger partial charge in [0.2, 0.25) is 0 Å². The number of fused-ring (bicyclic) bond motifs is 2. The van der Waals surface area contributed by atoms with E-state index in [1.54, 1.807) is 18.2 Å². The van der Waals surface area contributed by atoms with Crippen molar-refractivity contribution in [2.75, 3.05) is 7.11 Å². The van der Waals surface area contributed by atoms with E-state index in [1.165, 1.54) is 42.4 Å². The summed E-state index contributed by atoms with van der Waals surface area (Å²) in [4.78, 5) is 36.1. The molecule has 35 heavy (non-hydrogen) atoms. The second-order valence-electron chi connectivity index (χ2n) is 7.52. The fourth-order valence-electron chi connectivity index (χ4n) is 3.92. The van der Waals surface area contributed by atoms with Crippen LogP contribution in [-0.4, -0.2) is 26.2 Å². The molecular formula is C24H15ClFN5O3S. The zero-order valence-electron chi connectivity index (χ0n) is 18.2. The van der Waals surface area contributed by atoms with Gasteiger partial charge in [-0.25, -0.2) is 18.7 Å². The monoisotopic (exact) mass is 507 g/mol. The fourth-order valence-corrected chi connectivity index (χ4v) is 5.29. The Morgan fingerprint density at radius 1 is 1.23 bits per heavy atom. The highest BCUT2D eigenvalue weighted by molar-refractivity contribution is 7.22. The molecule has 174 valence electrons. The quantitative estimate of drug-likeness (QED) is 0.324. The minimum absolute atomic E-state index is 0.0271. The minimum atomic E-state index is -0.700. The molecule has 5 rings (SSSR count). The van der Waals surface area contributed by atoms with Crippen LogP contribution in [0.25, 0.3) is 37.1 Å². The summed E-state index contributed by atoms with van der Waals surface area (Å²) in [7, 11) is 1.50. The molecular weight excluding hydrogens is 493 g/mol. The maximum Gasteiger partial charge on any atom is 0.336 e. The Kier molecular flexibility index (Phi) is 5.80. The number of methoxy groups -OCH3 is 1. The highest BCUT2D eigenvalue weighted by Gasteiger charge is 2.21. The number of aryl methyl sites for hydroxylation is 1. The van der Waals surface area contributed by atoms with E-state index in [9.17, 15) is 14.0 Å². The third-order valence-electron chi connectivity index (χ3n) is 5.54. The average Bonchev–Trinajstić information content (AvgIpc) is 3.30. The number of rotatable bonds is 5. The average molecular weight is 508 g/mol. The second-order valence-corrected chi connectivity index (χ2v) is 8.93. The van der Waals surface area contributed by atoms with E-state index in [1.807, 2.05) is 6.07 Å². The zero-order chi connectivity index (χ0) is 24.7. The van der Waals surface area contributed by atoms with E-state index in [4.69, 9.17) is 21.6 Å². The molecule has 0 aliphatic carbocycles. The number of hydrogen-bond acceptors (Lipinski definition) is 7. The molecule has 8 nitrogen and oxygen atoms in total. The Labute approximate surface area is 206 Å². The SMILES string of the molecule is COc1cnc(Cl)c(-c2cc3c(s2)c(=O)n(-c2cncc4cccc(F)c24)c(=O)n3CCC#N)c1. The van der Waals surface area contributed by atoms with Crippen molar-refractivity contribution in [3.63, 3.8) is 0 Å². The first kappa shape index (κ1) is 22.7. The van der Waals surface area contributed by atoms with Gasteiger partial charge in [0, 0.05) is 34.0 Å². The number of ether oxygens (including phenoxy) is 1. The Bertz CT molecular complexity index is 1780. The van der Waals surface area contributed by atoms with E-state index in [2.05, 4.69) is 9.97 Å². The Balaban J connectivity index is 1.87. The van der Waals surface area contributed by atoms with Crippen LogP contribution in [0.1, 0.15) is 6.42 Å². The molecule has 0 fully saturated rings. The van der Waals surface area contributed by atoms with Crippen LogP contribution in [0.2, 0.25) is 5.15 Å². The lowest BCUT2D eigenvalue weighted by molar-refractivity contribution is 0.413. The molecule has 0 saturated carbocycles. The third kappa shape index (κ3) is 3.75. The summed E-state index contributed by atoms with van der Waals surface area (Å²) >= 11 is 7.43. The molecule has 0 aliphatic rings. The molecule has 0 amide bonds. The molecule has 1 aromatic carbocycles. The predicted octanol–water partition coefficient (Wildman–Crippen LogP) is 4.54. The third-order valence-corrected chi connectivity index (χ3v) is 6.99. The number of thiophene rings is 1. The highest BCUT2D eigenvalue weighted by atomic mass is 35.5. The topological polar surface area (TPSA) is 103 Å². The first-order valence-electron chi connectivity index (χ1n) is 10.3. The molecule has 0 N–H and O–H groups in total. The van der Waals surface area contributed by atoms with Gasteiger partial charge >= 0.3 is 5.69 Å². The predicted molar refractivity (Wildman–Crippen MR) is 132 cm³/mol. The van der Waals surface area contributed by atoms with E-state index >= 15 is 0 Å². The standard InChI is InChI=1S/C24H15ClFN5O3S/c1-34-14-8-15(22(25)29-11-14)19-9-17-21(35-19)23(32)31(24(33)30(17)7-3-6-27)18-12-28-10-13-4-2-5-16(26)20(13)18/h2,4-5,8-12H,3,7H2,1H3. The van der Waals surface area contributed by atoms with E-state index < -0.39 is 17.1 Å². The van der Waals surface area contributed by atoms with Gasteiger partial charge in [0.1, 0.15) is 21.4 Å². The number of hydrogen-bond donors (Lipinski definition) is 0. The van der Waals surface area contributed by atoms with Gasteiger partial charge in [-0.15, -0.1) is 11.3 Å². The van der Waals surface area contributed by atoms with Crippen LogP contribution >= 0.6 is 22.9 Å². The summed E-state index contributed by atoms with van der Waals surface area (Å²) in [6.45, 7) is 0.0348. The van der Waals surface area contributed by atoms with Crippen molar-refractivity contribution in [2.24, 2.45) is 0 Å². The number of nitriles is 1. The summed E-state index contributed by atoms with van der Waals surface area (Å²) in [6, 6.07) is 9.79. The molecule has 4 aromatic heterocycles. The van der Waals surface area contributed by atoms with Gasteiger partial charge in [-0.2, -0.15) is 5.26 Å². The number of nitrogens with zero attached hydrogens (tertiary/aromatic N) is 5. The fraction of sp³-hybridized carbons (Fsp3) is 0.125. The highest BCUT2D eigenvalue weighted by Crippen LogP contribution is 2.36. The Morgan fingerprint density at radius 2 is 2.06 bits per heavy atom. The van der Waals surface area contributed by atoms with Crippen molar-refractivity contribution >= 4 is 43.9 Å². The van der Waals surface area contributed by atoms with Crippen molar-refractivity contribution in [1.82, 2.24) is 19.1 Å². The van der Waals surface area contributed by atoms with Crippen molar-refractivity contribution in [2.45, 2.75) is 13.0 Å². The number of benzene rings is 1. The van der Waals surface area contributed by atoms with Gasteiger partial charge in [0.15, 0.2) is 0 Å². The largest absolute Gasteiger partial charge is 0.495 e. The zero-order valence-corrected chi connectivity index (χ0v) is 19.7. The summed E-state index contributed by atoms with van der Waals surface area (Å²) in [5, 5.41) is 9.90. The molecule has 0 atom stereocenters. The van der Waals surface area contributed by atoms with Crippen molar-refractivity contribution in [1.29, 1.82) is 5.26 Å². The van der Waals surface area contributed by atoms with Crippen LogP contribution in [-0.2, 0) is 6.54 Å². The van der Waals surface area contributed by atoms with Gasteiger partial charge in [0.05, 0.1) is 43.2 Å². The van der Waals surface area contributed by atoms with Crippen LogP contribution in [0, 0.1) is 17.1 Å². The van der Waals surface area contributed by atoms with Crippen LogP contribution in [0.5, 0.6) is 5.75 Å². The lowest BCUT2D eigenvalue weighted by Gasteiger charge is -2.13. The van der Waals surface area contributed by atoms with Gasteiger partial charge in [-0.3, -0.25) is 14.3 Å². The van der Waals surface area contributed by atoms with Crippen LogP contribution in [0.15, 0.2) is 58.5 Å². The summed E-state index contributed by atoms with van der Waals surface area (Å²) in [6.07, 6.45) is 4.24. The molecule has 0 unspecified atom stereocenters. The number of halogens is 2. The van der Waals surface area contributed by atoms with Gasteiger partial charge < -0.3 is 4.74 Å². The molecule has 0 spiro atoms. The van der Waals surface area contributed by atoms with Crippen molar-refractivity contribution in [3.8, 4) is 27.9 Å². The van der Waals surface area contributed by atoms with Crippen molar-refractivity contribution < 1.29 is 9.13 Å². The second kappa shape index (κ2) is 8.94. The number of aromatic nitrogens is 4. The first-order chi connectivity index (χ1) is 16.9. The summed E-state index contributed by atoms with van der Waals surface area (Å²) in [5.41, 5.74) is -0.429. The van der Waals surface area contributed by atoms with Gasteiger partial charge in [-0.05, 0) is 18.2 Å². The van der Waals surface area contributed by atoms with Crippen LogP contribution in [0.4, 0.5) is 4.39 Å². The maximum atomic E-state index is 14.8. The van der Waals surface area contributed by atoms with Crippen LogP contribution < -0.4 is 16.0 Å². The first-order valence-corrected chi connectivity index (χ1v) is 11.5. The molecule has 5 aromatic rings. The molecule has 0 aliphatic heterocycles. The maximum absolute atomic E-state index is 14.8. The molecule has 0 bridgehead atoms. The summed E-state index contributed by atoms with van der Waals surface area (Å²) < 4.78 is 22.5. The molecule has 0 saturated heterocycles. The summed E-state index contributed by atoms with van der Waals surface area (Å²) in [5.74, 6) is -0.116. The minimum Gasteiger partial charge on any atom is -0.495 e.